The third kappa shape index (κ3) is 2.76. The molecule has 1 spiro atoms. The second-order valence-electron chi connectivity index (χ2n) is 8.62. The summed E-state index contributed by atoms with van der Waals surface area (Å²) in [5.41, 5.74) is 0.351. The number of piperazine rings is 1. The number of aliphatic hydroxyl groups excluding tert-OH is 1. The minimum absolute atomic E-state index is 0.0941. The van der Waals surface area contributed by atoms with Crippen molar-refractivity contribution in [3.05, 3.63) is 0 Å². The maximum atomic E-state index is 10.1. The van der Waals surface area contributed by atoms with Crippen LogP contribution in [-0.4, -0.2) is 83.3 Å². The summed E-state index contributed by atoms with van der Waals surface area (Å²) < 4.78 is 0. The van der Waals surface area contributed by atoms with Crippen LogP contribution in [0.1, 0.15) is 33.1 Å². The molecule has 1 aliphatic carbocycles. The van der Waals surface area contributed by atoms with Crippen LogP contribution in [0.25, 0.3) is 0 Å². The highest BCUT2D eigenvalue weighted by Crippen LogP contribution is 2.41. The lowest BCUT2D eigenvalue weighted by molar-refractivity contribution is -0.116. The van der Waals surface area contributed by atoms with E-state index in [0.29, 0.717) is 11.6 Å². The first-order chi connectivity index (χ1) is 10.0. The molecule has 4 heteroatoms. The van der Waals surface area contributed by atoms with Crippen molar-refractivity contribution in [2.45, 2.75) is 50.8 Å². The van der Waals surface area contributed by atoms with Crippen molar-refractivity contribution >= 4 is 0 Å². The maximum absolute atomic E-state index is 10.1. The number of β-amino-alcohol motifs (C(OH)–C–C–N with tert-alkyl or cyclic N) is 1. The standard InChI is InChI=1S/C17H31N3O/c1-13(2)6-18-8-15-5-16(21)9-20(15)17(10-18)11-19(12-17)7-14-3-4-14/h13-16,21H,3-12H2,1-2H3/t15-,16+/m0/s1. The highest BCUT2D eigenvalue weighted by atomic mass is 16.3. The lowest BCUT2D eigenvalue weighted by Gasteiger charge is -2.61. The fraction of sp³-hybridized carbons (Fsp3) is 1.00. The van der Waals surface area contributed by atoms with Crippen LogP contribution in [0.4, 0.5) is 0 Å². The summed E-state index contributed by atoms with van der Waals surface area (Å²) in [5, 5.41) is 10.1. The predicted molar refractivity (Wildman–Crippen MR) is 84.3 cm³/mol. The van der Waals surface area contributed by atoms with Gasteiger partial charge in [0.2, 0.25) is 0 Å². The number of aliphatic hydroxyl groups is 1. The molecule has 120 valence electrons. The molecule has 2 atom stereocenters. The Balaban J connectivity index is 1.44. The van der Waals surface area contributed by atoms with Gasteiger partial charge in [-0.25, -0.2) is 0 Å². The SMILES string of the molecule is CC(C)CN1C[C@@H]2C[C@@H](O)CN2C2(C1)CN(CC1CC1)C2. The molecule has 0 aromatic rings. The molecule has 0 bridgehead atoms. The first kappa shape index (κ1) is 14.4. The Hall–Kier alpha value is -0.160. The van der Waals surface area contributed by atoms with E-state index in [1.165, 1.54) is 52.1 Å². The third-order valence-electron chi connectivity index (χ3n) is 5.86. The van der Waals surface area contributed by atoms with Crippen molar-refractivity contribution in [2.24, 2.45) is 11.8 Å². The molecule has 0 amide bonds. The normalized spacial score (nSPS) is 37.1. The molecule has 21 heavy (non-hydrogen) atoms. The molecule has 1 N–H and O–H groups in total. The molecule has 0 aromatic carbocycles. The van der Waals surface area contributed by atoms with E-state index < -0.39 is 0 Å². The Morgan fingerprint density at radius 1 is 1.10 bits per heavy atom. The second-order valence-corrected chi connectivity index (χ2v) is 8.62. The molecule has 0 radical (unpaired) electrons. The van der Waals surface area contributed by atoms with Gasteiger partial charge in [-0.05, 0) is 31.1 Å². The van der Waals surface area contributed by atoms with E-state index in [4.69, 9.17) is 0 Å². The minimum Gasteiger partial charge on any atom is -0.392 e. The third-order valence-corrected chi connectivity index (χ3v) is 5.86. The average Bonchev–Trinajstić information content (AvgIpc) is 3.07. The molecule has 4 nitrogen and oxygen atoms in total. The zero-order valence-electron chi connectivity index (χ0n) is 13.7. The van der Waals surface area contributed by atoms with Gasteiger partial charge in [-0.15, -0.1) is 0 Å². The average molecular weight is 293 g/mol. The van der Waals surface area contributed by atoms with Crippen LogP contribution in [0, 0.1) is 11.8 Å². The van der Waals surface area contributed by atoms with E-state index >= 15 is 0 Å². The number of hydrogen-bond donors (Lipinski definition) is 1. The highest BCUT2D eigenvalue weighted by molar-refractivity contribution is 5.13. The molecule has 3 heterocycles. The zero-order valence-corrected chi connectivity index (χ0v) is 13.7. The monoisotopic (exact) mass is 293 g/mol. The molecule has 1 saturated carbocycles. The fourth-order valence-electron chi connectivity index (χ4n) is 5.03. The fourth-order valence-corrected chi connectivity index (χ4v) is 5.03. The van der Waals surface area contributed by atoms with E-state index in [0.717, 1.165) is 24.8 Å². The van der Waals surface area contributed by atoms with Crippen molar-refractivity contribution in [2.75, 3.05) is 45.8 Å². The van der Waals surface area contributed by atoms with Crippen molar-refractivity contribution < 1.29 is 5.11 Å². The second kappa shape index (κ2) is 5.19. The topological polar surface area (TPSA) is 30.0 Å². The lowest BCUT2D eigenvalue weighted by Crippen LogP contribution is -2.78. The molecule has 4 fully saturated rings. The van der Waals surface area contributed by atoms with E-state index in [1.54, 1.807) is 0 Å². The number of fused-ring (bicyclic) bond motifs is 2. The molecule has 3 saturated heterocycles. The number of rotatable bonds is 4. The Bertz CT molecular complexity index is 389. The first-order valence-corrected chi connectivity index (χ1v) is 8.93. The van der Waals surface area contributed by atoms with Gasteiger partial charge in [0.15, 0.2) is 0 Å². The van der Waals surface area contributed by atoms with Gasteiger partial charge in [0.05, 0.1) is 11.6 Å². The smallest absolute Gasteiger partial charge is 0.0682 e. The van der Waals surface area contributed by atoms with Gasteiger partial charge in [0.1, 0.15) is 0 Å². The molecule has 3 aliphatic heterocycles. The van der Waals surface area contributed by atoms with Crippen molar-refractivity contribution in [1.82, 2.24) is 14.7 Å². The Morgan fingerprint density at radius 2 is 1.81 bits per heavy atom. The summed E-state index contributed by atoms with van der Waals surface area (Å²) in [4.78, 5) is 8.02. The summed E-state index contributed by atoms with van der Waals surface area (Å²) in [5.74, 6) is 1.74. The van der Waals surface area contributed by atoms with Crippen LogP contribution in [-0.2, 0) is 0 Å². The summed E-state index contributed by atoms with van der Waals surface area (Å²) in [6, 6.07) is 0.593. The Morgan fingerprint density at radius 3 is 2.48 bits per heavy atom. The van der Waals surface area contributed by atoms with Gasteiger partial charge in [0, 0.05) is 51.9 Å². The molecular weight excluding hydrogens is 262 g/mol. The summed E-state index contributed by atoms with van der Waals surface area (Å²) in [6.45, 7) is 13.0. The lowest BCUT2D eigenvalue weighted by atomic mass is 9.83. The molecular formula is C17H31N3O. The summed E-state index contributed by atoms with van der Waals surface area (Å²) in [7, 11) is 0. The van der Waals surface area contributed by atoms with Crippen LogP contribution >= 0.6 is 0 Å². The van der Waals surface area contributed by atoms with Crippen LogP contribution in [0.5, 0.6) is 0 Å². The van der Waals surface area contributed by atoms with Crippen LogP contribution in [0.3, 0.4) is 0 Å². The van der Waals surface area contributed by atoms with Crippen LogP contribution < -0.4 is 0 Å². The molecule has 0 aromatic heterocycles. The van der Waals surface area contributed by atoms with Gasteiger partial charge in [-0.3, -0.25) is 14.7 Å². The van der Waals surface area contributed by atoms with Gasteiger partial charge in [0.25, 0.3) is 0 Å². The van der Waals surface area contributed by atoms with Gasteiger partial charge >= 0.3 is 0 Å². The number of hydrogen-bond acceptors (Lipinski definition) is 4. The van der Waals surface area contributed by atoms with Crippen LogP contribution in [0.15, 0.2) is 0 Å². The van der Waals surface area contributed by atoms with E-state index in [1.807, 2.05) is 0 Å². The van der Waals surface area contributed by atoms with Crippen molar-refractivity contribution in [1.29, 1.82) is 0 Å². The van der Waals surface area contributed by atoms with Gasteiger partial charge < -0.3 is 5.11 Å². The Labute approximate surface area is 129 Å². The number of nitrogens with zero attached hydrogens (tertiary/aromatic N) is 3. The van der Waals surface area contributed by atoms with E-state index in [2.05, 4.69) is 28.5 Å². The minimum atomic E-state index is -0.0941. The Kier molecular flexibility index (Phi) is 3.57. The molecule has 4 aliphatic rings. The predicted octanol–water partition coefficient (Wildman–Crippen LogP) is 0.858. The summed E-state index contributed by atoms with van der Waals surface area (Å²) in [6.07, 6.45) is 3.80. The zero-order chi connectivity index (χ0) is 14.6. The van der Waals surface area contributed by atoms with Gasteiger partial charge in [-0.2, -0.15) is 0 Å². The highest BCUT2D eigenvalue weighted by Gasteiger charge is 2.56. The maximum Gasteiger partial charge on any atom is 0.0682 e. The van der Waals surface area contributed by atoms with E-state index in [9.17, 15) is 5.11 Å². The van der Waals surface area contributed by atoms with Gasteiger partial charge in [-0.1, -0.05) is 13.8 Å². The molecule has 0 unspecified atom stereocenters. The van der Waals surface area contributed by atoms with Crippen molar-refractivity contribution in [3.63, 3.8) is 0 Å². The molecule has 4 rings (SSSR count). The summed E-state index contributed by atoms with van der Waals surface area (Å²) >= 11 is 0. The number of likely N-dealkylation sites (tertiary alicyclic amines) is 1. The quantitative estimate of drug-likeness (QED) is 0.833. The first-order valence-electron chi connectivity index (χ1n) is 8.93. The van der Waals surface area contributed by atoms with Crippen molar-refractivity contribution in [3.8, 4) is 0 Å². The van der Waals surface area contributed by atoms with Crippen LogP contribution in [0.2, 0.25) is 0 Å². The van der Waals surface area contributed by atoms with E-state index in [-0.39, 0.29) is 6.10 Å². The largest absolute Gasteiger partial charge is 0.392 e.